The van der Waals surface area contributed by atoms with Gasteiger partial charge in [0.05, 0.1) is 13.2 Å². The summed E-state index contributed by atoms with van der Waals surface area (Å²) in [5, 5.41) is 6.67. The normalized spacial score (nSPS) is 16.0. The SMILES string of the molecule is CN=C(NCCN1CCOCC1)NCc1ccc(Br)cc1.I. The molecule has 0 amide bonds. The molecule has 1 saturated heterocycles. The number of ether oxygens (including phenoxy) is 1. The molecule has 124 valence electrons. The third kappa shape index (κ3) is 7.26. The Bertz CT molecular complexity index is 449. The Hall–Kier alpha value is -0.380. The van der Waals surface area contributed by atoms with Crippen LogP contribution in [-0.4, -0.2) is 57.3 Å². The zero-order valence-electron chi connectivity index (χ0n) is 12.8. The smallest absolute Gasteiger partial charge is 0.191 e. The minimum absolute atomic E-state index is 0. The van der Waals surface area contributed by atoms with Crippen molar-refractivity contribution in [3.63, 3.8) is 0 Å². The van der Waals surface area contributed by atoms with Crippen LogP contribution in [-0.2, 0) is 11.3 Å². The topological polar surface area (TPSA) is 48.9 Å². The van der Waals surface area contributed by atoms with Gasteiger partial charge in [0, 0.05) is 44.2 Å². The molecule has 1 aliphatic rings. The van der Waals surface area contributed by atoms with Crippen LogP contribution in [0.3, 0.4) is 0 Å². The predicted molar refractivity (Wildman–Crippen MR) is 105 cm³/mol. The number of hydrogen-bond acceptors (Lipinski definition) is 3. The van der Waals surface area contributed by atoms with Crippen LogP contribution in [0.4, 0.5) is 0 Å². The number of hydrogen-bond donors (Lipinski definition) is 2. The molecular formula is C15H24BrIN4O. The summed E-state index contributed by atoms with van der Waals surface area (Å²) in [6, 6.07) is 8.29. The fourth-order valence-corrected chi connectivity index (χ4v) is 2.43. The number of nitrogens with zero attached hydrogens (tertiary/aromatic N) is 2. The molecule has 1 fully saturated rings. The van der Waals surface area contributed by atoms with E-state index < -0.39 is 0 Å². The first-order valence-electron chi connectivity index (χ1n) is 7.27. The van der Waals surface area contributed by atoms with Gasteiger partial charge in [-0.05, 0) is 17.7 Å². The van der Waals surface area contributed by atoms with E-state index in [0.29, 0.717) is 0 Å². The van der Waals surface area contributed by atoms with Crippen LogP contribution in [0.5, 0.6) is 0 Å². The Kier molecular flexibility index (Phi) is 10.0. The van der Waals surface area contributed by atoms with Crippen molar-refractivity contribution in [2.45, 2.75) is 6.54 Å². The zero-order chi connectivity index (χ0) is 14.9. The number of aliphatic imine (C=N–C) groups is 1. The Morgan fingerprint density at radius 2 is 1.91 bits per heavy atom. The van der Waals surface area contributed by atoms with Crippen molar-refractivity contribution < 1.29 is 4.74 Å². The van der Waals surface area contributed by atoms with Crippen LogP contribution in [0.1, 0.15) is 5.56 Å². The summed E-state index contributed by atoms with van der Waals surface area (Å²) in [6.07, 6.45) is 0. The molecular weight excluding hydrogens is 459 g/mol. The number of rotatable bonds is 5. The number of guanidine groups is 1. The van der Waals surface area contributed by atoms with Gasteiger partial charge in [0.2, 0.25) is 0 Å². The Morgan fingerprint density at radius 1 is 1.23 bits per heavy atom. The first kappa shape index (κ1) is 19.7. The van der Waals surface area contributed by atoms with E-state index in [9.17, 15) is 0 Å². The van der Waals surface area contributed by atoms with Crippen LogP contribution in [0.2, 0.25) is 0 Å². The molecule has 0 spiro atoms. The number of nitrogens with one attached hydrogen (secondary N) is 2. The molecule has 0 bridgehead atoms. The van der Waals surface area contributed by atoms with E-state index in [0.717, 1.165) is 56.4 Å². The zero-order valence-corrected chi connectivity index (χ0v) is 16.8. The molecule has 1 aromatic carbocycles. The van der Waals surface area contributed by atoms with Gasteiger partial charge in [-0.25, -0.2) is 0 Å². The van der Waals surface area contributed by atoms with Gasteiger partial charge < -0.3 is 15.4 Å². The van der Waals surface area contributed by atoms with Gasteiger partial charge in [0.15, 0.2) is 5.96 Å². The first-order valence-corrected chi connectivity index (χ1v) is 8.06. The fraction of sp³-hybridized carbons (Fsp3) is 0.533. The Labute approximate surface area is 158 Å². The van der Waals surface area contributed by atoms with Gasteiger partial charge in [-0.3, -0.25) is 9.89 Å². The standard InChI is InChI=1S/C15H23BrN4O.HI/c1-17-15(18-6-7-20-8-10-21-11-9-20)19-12-13-2-4-14(16)5-3-13;/h2-5H,6-12H2,1H3,(H2,17,18,19);1H. The maximum absolute atomic E-state index is 5.34. The van der Waals surface area contributed by atoms with Gasteiger partial charge in [0.25, 0.3) is 0 Å². The molecule has 0 atom stereocenters. The fourth-order valence-electron chi connectivity index (χ4n) is 2.17. The summed E-state index contributed by atoms with van der Waals surface area (Å²) >= 11 is 3.44. The summed E-state index contributed by atoms with van der Waals surface area (Å²) in [6.45, 7) is 6.40. The van der Waals surface area contributed by atoms with Crippen molar-refractivity contribution >= 4 is 45.9 Å². The van der Waals surface area contributed by atoms with Gasteiger partial charge in [-0.1, -0.05) is 28.1 Å². The molecule has 0 aromatic heterocycles. The van der Waals surface area contributed by atoms with E-state index in [2.05, 4.69) is 48.6 Å². The third-order valence-electron chi connectivity index (χ3n) is 3.42. The van der Waals surface area contributed by atoms with Crippen LogP contribution >= 0.6 is 39.9 Å². The van der Waals surface area contributed by atoms with Crippen molar-refractivity contribution in [2.24, 2.45) is 4.99 Å². The van der Waals surface area contributed by atoms with E-state index in [1.54, 1.807) is 7.05 Å². The maximum Gasteiger partial charge on any atom is 0.191 e. The van der Waals surface area contributed by atoms with Gasteiger partial charge in [-0.15, -0.1) is 24.0 Å². The molecule has 0 saturated carbocycles. The lowest BCUT2D eigenvalue weighted by atomic mass is 10.2. The lowest BCUT2D eigenvalue weighted by Crippen LogP contribution is -2.44. The minimum atomic E-state index is 0. The summed E-state index contributed by atoms with van der Waals surface area (Å²) in [7, 11) is 1.80. The van der Waals surface area contributed by atoms with Gasteiger partial charge >= 0.3 is 0 Å². The molecule has 0 aliphatic carbocycles. The summed E-state index contributed by atoms with van der Waals surface area (Å²) in [4.78, 5) is 6.65. The molecule has 1 aromatic rings. The second-order valence-corrected chi connectivity index (χ2v) is 5.85. The van der Waals surface area contributed by atoms with Crippen molar-refractivity contribution in [3.8, 4) is 0 Å². The number of morpholine rings is 1. The third-order valence-corrected chi connectivity index (χ3v) is 3.95. The van der Waals surface area contributed by atoms with E-state index in [1.165, 1.54) is 5.56 Å². The number of benzene rings is 1. The van der Waals surface area contributed by atoms with Crippen molar-refractivity contribution in [1.82, 2.24) is 15.5 Å². The average Bonchev–Trinajstić information content (AvgIpc) is 2.53. The predicted octanol–water partition coefficient (Wildman–Crippen LogP) is 2.06. The van der Waals surface area contributed by atoms with Crippen molar-refractivity contribution in [1.29, 1.82) is 0 Å². The highest BCUT2D eigenvalue weighted by Gasteiger charge is 2.09. The van der Waals surface area contributed by atoms with E-state index in [1.807, 2.05) is 12.1 Å². The molecule has 22 heavy (non-hydrogen) atoms. The van der Waals surface area contributed by atoms with Crippen LogP contribution in [0.25, 0.3) is 0 Å². The highest BCUT2D eigenvalue weighted by atomic mass is 127. The summed E-state index contributed by atoms with van der Waals surface area (Å²) in [5.41, 5.74) is 1.23. The quantitative estimate of drug-likeness (QED) is 0.383. The van der Waals surface area contributed by atoms with Crippen LogP contribution < -0.4 is 10.6 Å². The minimum Gasteiger partial charge on any atom is -0.379 e. The molecule has 2 rings (SSSR count). The van der Waals surface area contributed by atoms with Crippen LogP contribution in [0.15, 0.2) is 33.7 Å². The highest BCUT2D eigenvalue weighted by Crippen LogP contribution is 2.10. The molecule has 0 radical (unpaired) electrons. The molecule has 7 heteroatoms. The van der Waals surface area contributed by atoms with Gasteiger partial charge in [0.1, 0.15) is 0 Å². The second-order valence-electron chi connectivity index (χ2n) is 4.93. The first-order chi connectivity index (χ1) is 10.3. The monoisotopic (exact) mass is 482 g/mol. The Morgan fingerprint density at radius 3 is 2.55 bits per heavy atom. The number of halogens is 2. The van der Waals surface area contributed by atoms with E-state index in [-0.39, 0.29) is 24.0 Å². The summed E-state index contributed by atoms with van der Waals surface area (Å²) in [5.74, 6) is 0.839. The van der Waals surface area contributed by atoms with E-state index in [4.69, 9.17) is 4.74 Å². The Balaban J connectivity index is 0.00000242. The lowest BCUT2D eigenvalue weighted by Gasteiger charge is -2.26. The highest BCUT2D eigenvalue weighted by molar-refractivity contribution is 14.0. The second kappa shape index (κ2) is 11.2. The molecule has 5 nitrogen and oxygen atoms in total. The lowest BCUT2D eigenvalue weighted by molar-refractivity contribution is 0.0389. The van der Waals surface area contributed by atoms with Crippen molar-refractivity contribution in [3.05, 3.63) is 34.3 Å². The van der Waals surface area contributed by atoms with Crippen molar-refractivity contribution in [2.75, 3.05) is 46.4 Å². The molecule has 2 N–H and O–H groups in total. The average molecular weight is 483 g/mol. The summed E-state index contributed by atoms with van der Waals surface area (Å²) < 4.78 is 6.44. The van der Waals surface area contributed by atoms with Crippen LogP contribution in [0, 0.1) is 0 Å². The molecule has 1 aliphatic heterocycles. The molecule has 0 unspecified atom stereocenters. The molecule has 1 heterocycles. The van der Waals surface area contributed by atoms with E-state index >= 15 is 0 Å². The van der Waals surface area contributed by atoms with Gasteiger partial charge in [-0.2, -0.15) is 0 Å². The largest absolute Gasteiger partial charge is 0.379 e. The maximum atomic E-state index is 5.34.